The number of methoxy groups -OCH3 is 1. The first-order valence-corrected chi connectivity index (χ1v) is 6.82. The van der Waals surface area contributed by atoms with Crippen molar-refractivity contribution in [3.63, 3.8) is 0 Å². The summed E-state index contributed by atoms with van der Waals surface area (Å²) in [5.41, 5.74) is 1.57. The molecule has 0 fully saturated rings. The average molecular weight is 326 g/mol. The Morgan fingerprint density at radius 2 is 1.90 bits per heavy atom. The minimum atomic E-state index is 0.334. The third-order valence-electron chi connectivity index (χ3n) is 2.76. The van der Waals surface area contributed by atoms with E-state index in [4.69, 9.17) is 37.9 Å². The number of hydrogen-bond donors (Lipinski definition) is 1. The molecule has 1 N–H and O–H groups in total. The van der Waals surface area contributed by atoms with Crippen molar-refractivity contribution in [1.82, 2.24) is 0 Å². The summed E-state index contributed by atoms with van der Waals surface area (Å²) in [5.74, 6) is 0.899. The fraction of sp³-hybridized carbons (Fsp3) is 0.133. The van der Waals surface area contributed by atoms with E-state index < -0.39 is 0 Å². The van der Waals surface area contributed by atoms with Crippen LogP contribution in [0.1, 0.15) is 11.1 Å². The summed E-state index contributed by atoms with van der Waals surface area (Å²) in [6, 6.07) is 10.6. The molecule has 0 aliphatic carbocycles. The lowest BCUT2D eigenvalue weighted by Gasteiger charge is -2.13. The summed E-state index contributed by atoms with van der Waals surface area (Å²) in [6.07, 6.45) is 1.26. The van der Waals surface area contributed by atoms with E-state index in [9.17, 15) is 0 Å². The van der Waals surface area contributed by atoms with Crippen LogP contribution < -0.4 is 9.47 Å². The second kappa shape index (κ2) is 7.20. The van der Waals surface area contributed by atoms with Gasteiger partial charge in [-0.1, -0.05) is 40.5 Å². The number of nitrogens with zero attached hydrogens (tertiary/aromatic N) is 1. The molecule has 110 valence electrons. The number of hydrogen-bond acceptors (Lipinski definition) is 4. The van der Waals surface area contributed by atoms with Crippen molar-refractivity contribution in [2.24, 2.45) is 5.16 Å². The Morgan fingerprint density at radius 1 is 1.19 bits per heavy atom. The molecule has 6 heteroatoms. The lowest BCUT2D eigenvalue weighted by Crippen LogP contribution is -1.99. The first kappa shape index (κ1) is 15.5. The first-order valence-electron chi connectivity index (χ1n) is 6.06. The van der Waals surface area contributed by atoms with Gasteiger partial charge in [0.2, 0.25) is 0 Å². The summed E-state index contributed by atoms with van der Waals surface area (Å²) in [4.78, 5) is 0. The lowest BCUT2D eigenvalue weighted by molar-refractivity contribution is 0.284. The van der Waals surface area contributed by atoms with E-state index in [0.29, 0.717) is 33.7 Å². The van der Waals surface area contributed by atoms with Crippen molar-refractivity contribution in [2.45, 2.75) is 6.61 Å². The van der Waals surface area contributed by atoms with Crippen LogP contribution in [0.2, 0.25) is 10.0 Å². The molecule has 0 saturated carbocycles. The molecule has 0 amide bonds. The molecule has 21 heavy (non-hydrogen) atoms. The summed E-state index contributed by atoms with van der Waals surface area (Å²) in [6.45, 7) is 0.334. The van der Waals surface area contributed by atoms with Crippen LogP contribution in [0.3, 0.4) is 0 Å². The second-order valence-electron chi connectivity index (χ2n) is 4.19. The topological polar surface area (TPSA) is 51.0 Å². The number of rotatable bonds is 5. The van der Waals surface area contributed by atoms with Gasteiger partial charge in [-0.05, 0) is 29.8 Å². The van der Waals surface area contributed by atoms with Gasteiger partial charge in [0.1, 0.15) is 6.61 Å². The molecule has 4 nitrogen and oxygen atoms in total. The highest BCUT2D eigenvalue weighted by Crippen LogP contribution is 2.36. The molecule has 0 radical (unpaired) electrons. The van der Waals surface area contributed by atoms with E-state index in [1.807, 2.05) is 12.1 Å². The van der Waals surface area contributed by atoms with Crippen LogP contribution in [0.4, 0.5) is 0 Å². The fourth-order valence-electron chi connectivity index (χ4n) is 1.76. The molecule has 0 heterocycles. The van der Waals surface area contributed by atoms with E-state index in [1.54, 1.807) is 24.3 Å². The molecule has 0 atom stereocenters. The average Bonchev–Trinajstić information content (AvgIpc) is 2.47. The van der Waals surface area contributed by atoms with E-state index in [-0.39, 0.29) is 0 Å². The van der Waals surface area contributed by atoms with Gasteiger partial charge in [-0.25, -0.2) is 0 Å². The van der Waals surface area contributed by atoms with Gasteiger partial charge in [0.25, 0.3) is 0 Å². The maximum Gasteiger partial charge on any atom is 0.180 e. The number of benzene rings is 2. The zero-order chi connectivity index (χ0) is 15.2. The molecule has 0 aliphatic heterocycles. The Bertz CT molecular complexity index is 642. The number of oxime groups is 1. The first-order chi connectivity index (χ1) is 10.1. The third-order valence-corrected chi connectivity index (χ3v) is 3.29. The summed E-state index contributed by atoms with van der Waals surface area (Å²) < 4.78 is 11.0. The summed E-state index contributed by atoms with van der Waals surface area (Å²) in [7, 11) is 1.51. The van der Waals surface area contributed by atoms with Gasteiger partial charge < -0.3 is 14.7 Å². The minimum absolute atomic E-state index is 0.334. The highest BCUT2D eigenvalue weighted by atomic mass is 35.5. The monoisotopic (exact) mass is 325 g/mol. The SMILES string of the molecule is COc1cc(/C=N\O)cc(Cl)c1OCc1ccc(Cl)cc1. The minimum Gasteiger partial charge on any atom is -0.493 e. The van der Waals surface area contributed by atoms with Crippen molar-refractivity contribution in [2.75, 3.05) is 7.11 Å². The van der Waals surface area contributed by atoms with E-state index in [1.165, 1.54) is 13.3 Å². The van der Waals surface area contributed by atoms with Crippen molar-refractivity contribution >= 4 is 29.4 Å². The molecule has 2 aromatic rings. The lowest BCUT2D eigenvalue weighted by atomic mass is 10.2. The van der Waals surface area contributed by atoms with Gasteiger partial charge in [-0.3, -0.25) is 0 Å². The maximum atomic E-state index is 8.56. The quantitative estimate of drug-likeness (QED) is 0.504. The Labute approximate surface area is 132 Å². The van der Waals surface area contributed by atoms with Crippen LogP contribution in [0.25, 0.3) is 0 Å². The highest BCUT2D eigenvalue weighted by Gasteiger charge is 2.12. The fourth-order valence-corrected chi connectivity index (χ4v) is 2.16. The number of ether oxygens (including phenoxy) is 2. The normalized spacial score (nSPS) is 10.8. The van der Waals surface area contributed by atoms with Gasteiger partial charge in [0.05, 0.1) is 18.3 Å². The molecular formula is C15H13Cl2NO3. The third kappa shape index (κ3) is 4.03. The van der Waals surface area contributed by atoms with E-state index >= 15 is 0 Å². The molecule has 0 spiro atoms. The molecule has 0 unspecified atom stereocenters. The maximum absolute atomic E-state index is 8.56. The predicted octanol–water partition coefficient (Wildman–Crippen LogP) is 4.39. The second-order valence-corrected chi connectivity index (χ2v) is 5.04. The van der Waals surface area contributed by atoms with E-state index in [2.05, 4.69) is 5.16 Å². The van der Waals surface area contributed by atoms with Crippen molar-refractivity contribution in [1.29, 1.82) is 0 Å². The molecule has 2 aromatic carbocycles. The predicted molar refractivity (Wildman–Crippen MR) is 83.2 cm³/mol. The van der Waals surface area contributed by atoms with Crippen molar-refractivity contribution in [3.8, 4) is 11.5 Å². The highest BCUT2D eigenvalue weighted by molar-refractivity contribution is 6.32. The van der Waals surface area contributed by atoms with Gasteiger partial charge in [-0.2, -0.15) is 0 Å². The zero-order valence-corrected chi connectivity index (χ0v) is 12.7. The Kier molecular flexibility index (Phi) is 5.31. The molecular weight excluding hydrogens is 313 g/mol. The summed E-state index contributed by atoms with van der Waals surface area (Å²) in [5, 5.41) is 12.6. The van der Waals surface area contributed by atoms with Crippen LogP contribution in [0.5, 0.6) is 11.5 Å². The Hall–Kier alpha value is -1.91. The zero-order valence-electron chi connectivity index (χ0n) is 11.2. The Balaban J connectivity index is 2.20. The largest absolute Gasteiger partial charge is 0.493 e. The van der Waals surface area contributed by atoms with Crippen LogP contribution in [0.15, 0.2) is 41.6 Å². The molecule has 0 aliphatic rings. The van der Waals surface area contributed by atoms with Crippen LogP contribution in [0, 0.1) is 0 Å². The van der Waals surface area contributed by atoms with Crippen LogP contribution >= 0.6 is 23.2 Å². The number of halogens is 2. The van der Waals surface area contributed by atoms with Crippen molar-refractivity contribution in [3.05, 3.63) is 57.6 Å². The van der Waals surface area contributed by atoms with Crippen LogP contribution in [-0.4, -0.2) is 18.5 Å². The van der Waals surface area contributed by atoms with Gasteiger partial charge in [-0.15, -0.1) is 0 Å². The molecule has 0 aromatic heterocycles. The summed E-state index contributed by atoms with van der Waals surface area (Å²) >= 11 is 12.0. The molecule has 0 bridgehead atoms. The Morgan fingerprint density at radius 3 is 2.52 bits per heavy atom. The van der Waals surface area contributed by atoms with Crippen LogP contribution in [-0.2, 0) is 6.61 Å². The smallest absolute Gasteiger partial charge is 0.180 e. The van der Waals surface area contributed by atoms with Crippen molar-refractivity contribution < 1.29 is 14.7 Å². The standard InChI is InChI=1S/C15H13Cl2NO3/c1-20-14-7-11(8-18-19)6-13(17)15(14)21-9-10-2-4-12(16)5-3-10/h2-8,19H,9H2,1H3/b18-8-. The molecule has 2 rings (SSSR count). The van der Waals surface area contributed by atoms with Gasteiger partial charge in [0, 0.05) is 10.6 Å². The van der Waals surface area contributed by atoms with Gasteiger partial charge in [0.15, 0.2) is 11.5 Å². The molecule has 0 saturated heterocycles. The van der Waals surface area contributed by atoms with E-state index in [0.717, 1.165) is 5.56 Å². The van der Waals surface area contributed by atoms with Gasteiger partial charge >= 0.3 is 0 Å².